The van der Waals surface area contributed by atoms with Gasteiger partial charge in [0.05, 0.1) is 5.56 Å². The van der Waals surface area contributed by atoms with Crippen LogP contribution in [0.2, 0.25) is 0 Å². The molecule has 0 aliphatic carbocycles. The lowest BCUT2D eigenvalue weighted by atomic mass is 10.2. The number of amides is 2. The fraction of sp³-hybridized carbons (Fsp3) is 0.211. The Morgan fingerprint density at radius 2 is 1.44 bits per heavy atom. The maximum absolute atomic E-state index is 12.4. The minimum absolute atomic E-state index is 0.327. The molecule has 0 heterocycles. The number of hydroxylamine groups is 2. The number of nitrogens with zero attached hydrogens (tertiary/aromatic N) is 2. The summed E-state index contributed by atoms with van der Waals surface area (Å²) in [6.45, 7) is 2.26. The van der Waals surface area contributed by atoms with Crippen molar-refractivity contribution in [1.82, 2.24) is 5.06 Å². The quantitative estimate of drug-likeness (QED) is 0.620. The van der Waals surface area contributed by atoms with E-state index in [1.165, 1.54) is 11.9 Å². The summed E-state index contributed by atoms with van der Waals surface area (Å²) in [5.74, 6) is -1.61. The van der Waals surface area contributed by atoms with Crippen molar-refractivity contribution in [2.75, 3.05) is 18.5 Å². The fourth-order valence-corrected chi connectivity index (χ4v) is 2.25. The summed E-state index contributed by atoms with van der Waals surface area (Å²) in [6.07, 6.45) is -0.388. The summed E-state index contributed by atoms with van der Waals surface area (Å²) in [5.41, 5.74) is 1.04. The number of hydrogen-bond donors (Lipinski definition) is 0. The third-order valence-corrected chi connectivity index (χ3v) is 3.57. The minimum atomic E-state index is -0.653. The molecule has 0 aliphatic heterocycles. The average molecular weight is 340 g/mol. The first kappa shape index (κ1) is 18.2. The maximum atomic E-state index is 12.4. The second-order valence-corrected chi connectivity index (χ2v) is 5.29. The van der Waals surface area contributed by atoms with Crippen molar-refractivity contribution in [3.8, 4) is 0 Å². The van der Waals surface area contributed by atoms with Crippen molar-refractivity contribution in [2.45, 2.75) is 13.3 Å². The summed E-state index contributed by atoms with van der Waals surface area (Å²) in [7, 11) is 1.31. The van der Waals surface area contributed by atoms with Gasteiger partial charge in [0.15, 0.2) is 0 Å². The highest BCUT2D eigenvalue weighted by atomic mass is 16.7. The minimum Gasteiger partial charge on any atom is -0.333 e. The molecule has 0 saturated carbocycles. The van der Waals surface area contributed by atoms with Crippen LogP contribution in [0.1, 0.15) is 23.7 Å². The molecule has 25 heavy (non-hydrogen) atoms. The maximum Gasteiger partial charge on any atom is 0.363 e. The zero-order valence-corrected chi connectivity index (χ0v) is 14.2. The molecule has 0 saturated heterocycles. The summed E-state index contributed by atoms with van der Waals surface area (Å²) >= 11 is 0. The van der Waals surface area contributed by atoms with Gasteiger partial charge in [0.25, 0.3) is 5.91 Å². The first-order chi connectivity index (χ1) is 12.0. The number of carbonyl (C=O) groups is 3. The van der Waals surface area contributed by atoms with Crippen LogP contribution in [0.25, 0.3) is 0 Å². The van der Waals surface area contributed by atoms with Crippen molar-refractivity contribution in [2.24, 2.45) is 0 Å². The molecule has 130 valence electrons. The lowest BCUT2D eigenvalue weighted by molar-refractivity contribution is -0.162. The monoisotopic (exact) mass is 340 g/mol. The molecule has 0 atom stereocenters. The number of anilines is 1. The van der Waals surface area contributed by atoms with Crippen molar-refractivity contribution < 1.29 is 19.2 Å². The van der Waals surface area contributed by atoms with Gasteiger partial charge in [-0.05, 0) is 31.2 Å². The highest BCUT2D eigenvalue weighted by Gasteiger charge is 2.22. The smallest absolute Gasteiger partial charge is 0.333 e. The molecule has 6 heteroatoms. The molecule has 6 nitrogen and oxygen atoms in total. The van der Waals surface area contributed by atoms with E-state index in [4.69, 9.17) is 4.84 Å². The Labute approximate surface area is 146 Å². The largest absolute Gasteiger partial charge is 0.363 e. The predicted octanol–water partition coefficient (Wildman–Crippen LogP) is 2.66. The van der Waals surface area contributed by atoms with E-state index in [2.05, 4.69) is 0 Å². The zero-order chi connectivity index (χ0) is 18.2. The summed E-state index contributed by atoms with van der Waals surface area (Å²) in [4.78, 5) is 43.0. The second kappa shape index (κ2) is 8.63. The van der Waals surface area contributed by atoms with E-state index in [1.54, 1.807) is 42.5 Å². The standard InChI is InChI=1S/C19H20N2O4/c1-3-21(16-12-8-5-9-13-16)18(23)14-17(22)20(2)25-19(24)15-10-6-4-7-11-15/h4-13H,3,14H2,1-2H3. The van der Waals surface area contributed by atoms with Crippen molar-refractivity contribution in [3.63, 3.8) is 0 Å². The average Bonchev–Trinajstić information content (AvgIpc) is 2.63. The van der Waals surface area contributed by atoms with Crippen molar-refractivity contribution in [1.29, 1.82) is 0 Å². The number of benzene rings is 2. The molecule has 0 unspecified atom stereocenters. The Kier molecular flexibility index (Phi) is 6.28. The molecule has 2 amide bonds. The van der Waals surface area contributed by atoms with Crippen LogP contribution in [0, 0.1) is 0 Å². The van der Waals surface area contributed by atoms with Gasteiger partial charge in [0, 0.05) is 19.3 Å². The number of rotatable bonds is 5. The highest BCUT2D eigenvalue weighted by Crippen LogP contribution is 2.14. The summed E-state index contributed by atoms with van der Waals surface area (Å²) in [5, 5.41) is 0.798. The lowest BCUT2D eigenvalue weighted by Gasteiger charge is -2.22. The molecular formula is C19H20N2O4. The van der Waals surface area contributed by atoms with E-state index < -0.39 is 11.9 Å². The Balaban J connectivity index is 1.96. The van der Waals surface area contributed by atoms with Crippen molar-refractivity contribution >= 4 is 23.5 Å². The van der Waals surface area contributed by atoms with Gasteiger partial charge in [0.2, 0.25) is 5.91 Å². The van der Waals surface area contributed by atoms with Gasteiger partial charge in [0.1, 0.15) is 6.42 Å². The summed E-state index contributed by atoms with van der Waals surface area (Å²) < 4.78 is 0. The van der Waals surface area contributed by atoms with Gasteiger partial charge in [-0.1, -0.05) is 36.4 Å². The van der Waals surface area contributed by atoms with Gasteiger partial charge in [-0.3, -0.25) is 9.59 Å². The van der Waals surface area contributed by atoms with Crippen LogP contribution in [0.3, 0.4) is 0 Å². The molecule has 2 rings (SSSR count). The van der Waals surface area contributed by atoms with Crippen LogP contribution in [-0.4, -0.2) is 36.4 Å². The third kappa shape index (κ3) is 4.91. The Morgan fingerprint density at radius 1 is 0.880 bits per heavy atom. The Hall–Kier alpha value is -3.15. The molecule has 0 fully saturated rings. The third-order valence-electron chi connectivity index (χ3n) is 3.57. The van der Waals surface area contributed by atoms with Gasteiger partial charge >= 0.3 is 5.97 Å². The van der Waals surface area contributed by atoms with E-state index in [1.807, 2.05) is 25.1 Å². The molecule has 0 radical (unpaired) electrons. The fourth-order valence-electron chi connectivity index (χ4n) is 2.25. The first-order valence-electron chi connectivity index (χ1n) is 7.92. The van der Waals surface area contributed by atoms with E-state index in [0.717, 1.165) is 5.06 Å². The van der Waals surface area contributed by atoms with Crippen LogP contribution < -0.4 is 4.90 Å². The Bertz CT molecular complexity index is 732. The molecule has 2 aromatic rings. The van der Waals surface area contributed by atoms with Gasteiger partial charge in [-0.25, -0.2) is 4.79 Å². The molecule has 0 aliphatic rings. The van der Waals surface area contributed by atoms with E-state index in [0.29, 0.717) is 17.8 Å². The van der Waals surface area contributed by atoms with Crippen LogP contribution in [0.5, 0.6) is 0 Å². The summed E-state index contributed by atoms with van der Waals surface area (Å²) in [6, 6.07) is 17.4. The van der Waals surface area contributed by atoms with E-state index in [9.17, 15) is 14.4 Å². The molecule has 2 aromatic carbocycles. The molecule has 0 bridgehead atoms. The van der Waals surface area contributed by atoms with Gasteiger partial charge in [-0.15, -0.1) is 0 Å². The van der Waals surface area contributed by atoms with Gasteiger partial charge < -0.3 is 9.74 Å². The highest BCUT2D eigenvalue weighted by molar-refractivity contribution is 6.05. The normalized spacial score (nSPS) is 10.0. The van der Waals surface area contributed by atoms with Gasteiger partial charge in [-0.2, -0.15) is 5.06 Å². The SMILES string of the molecule is CCN(C(=O)CC(=O)N(C)OC(=O)c1ccccc1)c1ccccc1. The second-order valence-electron chi connectivity index (χ2n) is 5.29. The topological polar surface area (TPSA) is 66.9 Å². The van der Waals surface area contributed by atoms with Crippen LogP contribution in [-0.2, 0) is 14.4 Å². The van der Waals surface area contributed by atoms with Crippen molar-refractivity contribution in [3.05, 3.63) is 66.2 Å². The lowest BCUT2D eigenvalue weighted by Crippen LogP contribution is -2.37. The zero-order valence-electron chi connectivity index (χ0n) is 14.2. The molecule has 0 aromatic heterocycles. The van der Waals surface area contributed by atoms with Crippen LogP contribution in [0.4, 0.5) is 5.69 Å². The van der Waals surface area contributed by atoms with E-state index in [-0.39, 0.29) is 12.3 Å². The number of carbonyl (C=O) groups excluding carboxylic acids is 3. The number of hydrogen-bond acceptors (Lipinski definition) is 4. The Morgan fingerprint density at radius 3 is 2.00 bits per heavy atom. The van der Waals surface area contributed by atoms with Crippen LogP contribution >= 0.6 is 0 Å². The predicted molar refractivity (Wildman–Crippen MR) is 93.7 cm³/mol. The number of para-hydroxylation sites is 1. The van der Waals surface area contributed by atoms with Crippen LogP contribution in [0.15, 0.2) is 60.7 Å². The van der Waals surface area contributed by atoms with E-state index >= 15 is 0 Å². The molecule has 0 N–H and O–H groups in total. The molecular weight excluding hydrogens is 320 g/mol. The molecule has 0 spiro atoms. The first-order valence-corrected chi connectivity index (χ1v) is 7.92.